The lowest BCUT2D eigenvalue weighted by atomic mass is 9.88. The van der Waals surface area contributed by atoms with Gasteiger partial charge in [-0.15, -0.1) is 0 Å². The predicted octanol–water partition coefficient (Wildman–Crippen LogP) is 2.16. The second-order valence-corrected chi connectivity index (χ2v) is 8.46. The molecular weight excluding hydrogens is 290 g/mol. The third kappa shape index (κ3) is 5.08. The highest BCUT2D eigenvalue weighted by molar-refractivity contribution is 5.74. The fourth-order valence-electron chi connectivity index (χ4n) is 4.07. The average Bonchev–Trinajstić information content (AvgIpc) is 2.52. The van der Waals surface area contributed by atoms with Gasteiger partial charge in [-0.3, -0.25) is 4.90 Å². The molecule has 5 nitrogen and oxygen atoms in total. The molecule has 2 amide bonds. The lowest BCUT2D eigenvalue weighted by Gasteiger charge is -2.45. The summed E-state index contributed by atoms with van der Waals surface area (Å²) >= 11 is 0. The Labute approximate surface area is 141 Å². The molecule has 0 aromatic heterocycles. The van der Waals surface area contributed by atoms with Crippen molar-refractivity contribution in [3.63, 3.8) is 0 Å². The maximum atomic E-state index is 12.4. The van der Waals surface area contributed by atoms with Gasteiger partial charge < -0.3 is 15.3 Å². The summed E-state index contributed by atoms with van der Waals surface area (Å²) in [6, 6.07) is 0.0225. The smallest absolute Gasteiger partial charge is 0.317 e. The van der Waals surface area contributed by atoms with Crippen LogP contribution in [0.4, 0.5) is 4.79 Å². The van der Waals surface area contributed by atoms with Crippen LogP contribution in [0.25, 0.3) is 0 Å². The Morgan fingerprint density at radius 1 is 1.22 bits per heavy atom. The number of urea groups is 1. The van der Waals surface area contributed by atoms with Crippen molar-refractivity contribution in [2.75, 3.05) is 39.3 Å². The van der Waals surface area contributed by atoms with Gasteiger partial charge in [-0.25, -0.2) is 4.79 Å². The molecule has 2 rings (SSSR count). The largest absolute Gasteiger partial charge is 0.396 e. The zero-order valence-corrected chi connectivity index (χ0v) is 15.3. The number of rotatable bonds is 4. The minimum atomic E-state index is -0.0230. The summed E-state index contributed by atoms with van der Waals surface area (Å²) in [5.74, 6) is 1.69. The van der Waals surface area contributed by atoms with Crippen molar-refractivity contribution in [1.82, 2.24) is 15.1 Å². The highest BCUT2D eigenvalue weighted by Gasteiger charge is 2.33. The zero-order chi connectivity index (χ0) is 17.0. The number of nitrogens with one attached hydrogen (secondary N) is 1. The molecule has 134 valence electrons. The van der Waals surface area contributed by atoms with E-state index in [1.165, 1.54) is 6.42 Å². The molecule has 2 fully saturated rings. The standard InChI is InChI=1S/C18H35N3O2/c1-14-8-15(2)10-21(9-14)18(3,4)13-19-17(23)20-7-5-6-16(11-20)12-22/h14-16,22H,5-13H2,1-4H3,(H,19,23). The van der Waals surface area contributed by atoms with Crippen LogP contribution in [-0.2, 0) is 0 Å². The van der Waals surface area contributed by atoms with E-state index in [0.29, 0.717) is 13.1 Å². The number of nitrogens with zero attached hydrogens (tertiary/aromatic N) is 2. The van der Waals surface area contributed by atoms with Crippen LogP contribution in [0.2, 0.25) is 0 Å². The van der Waals surface area contributed by atoms with Crippen molar-refractivity contribution >= 4 is 6.03 Å². The molecule has 0 radical (unpaired) electrons. The molecule has 2 aliphatic rings. The van der Waals surface area contributed by atoms with E-state index >= 15 is 0 Å². The number of aliphatic hydroxyl groups excluding tert-OH is 1. The van der Waals surface area contributed by atoms with E-state index in [9.17, 15) is 9.90 Å². The Hall–Kier alpha value is -0.810. The molecule has 0 aromatic rings. The van der Waals surface area contributed by atoms with Gasteiger partial charge in [-0.1, -0.05) is 13.8 Å². The monoisotopic (exact) mass is 325 g/mol. The van der Waals surface area contributed by atoms with E-state index in [4.69, 9.17) is 0 Å². The summed E-state index contributed by atoms with van der Waals surface area (Å²) in [5.41, 5.74) is -0.0230. The molecule has 23 heavy (non-hydrogen) atoms. The summed E-state index contributed by atoms with van der Waals surface area (Å²) in [7, 11) is 0. The number of amides is 2. The van der Waals surface area contributed by atoms with E-state index in [1.807, 2.05) is 4.90 Å². The summed E-state index contributed by atoms with van der Waals surface area (Å²) in [5, 5.41) is 12.4. The van der Waals surface area contributed by atoms with Gasteiger partial charge in [0.05, 0.1) is 0 Å². The van der Waals surface area contributed by atoms with Crippen LogP contribution in [0.1, 0.15) is 47.0 Å². The van der Waals surface area contributed by atoms with E-state index in [1.54, 1.807) is 0 Å². The lowest BCUT2D eigenvalue weighted by Crippen LogP contribution is -2.57. The number of carbonyl (C=O) groups is 1. The molecule has 0 aliphatic carbocycles. The summed E-state index contributed by atoms with van der Waals surface area (Å²) in [6.07, 6.45) is 3.31. The fourth-order valence-corrected chi connectivity index (χ4v) is 4.07. The SMILES string of the molecule is CC1CC(C)CN(C(C)(C)CNC(=O)N2CCCC(CO)C2)C1. The maximum absolute atomic E-state index is 12.4. The first-order chi connectivity index (χ1) is 10.8. The first-order valence-corrected chi connectivity index (χ1v) is 9.20. The number of hydrogen-bond acceptors (Lipinski definition) is 3. The molecule has 2 heterocycles. The Bertz CT molecular complexity index is 390. The summed E-state index contributed by atoms with van der Waals surface area (Å²) < 4.78 is 0. The molecule has 0 aromatic carbocycles. The highest BCUT2D eigenvalue weighted by atomic mass is 16.3. The molecule has 0 saturated carbocycles. The lowest BCUT2D eigenvalue weighted by molar-refractivity contribution is 0.0456. The van der Waals surface area contributed by atoms with Gasteiger partial charge in [0.2, 0.25) is 0 Å². The number of hydrogen-bond donors (Lipinski definition) is 2. The van der Waals surface area contributed by atoms with Crippen molar-refractivity contribution in [2.45, 2.75) is 52.5 Å². The van der Waals surface area contributed by atoms with Crippen molar-refractivity contribution in [1.29, 1.82) is 0 Å². The Kier molecular flexibility index (Phi) is 6.32. The van der Waals surface area contributed by atoms with Crippen molar-refractivity contribution in [3.05, 3.63) is 0 Å². The minimum absolute atomic E-state index is 0.0225. The van der Waals surface area contributed by atoms with Crippen LogP contribution in [0.5, 0.6) is 0 Å². The van der Waals surface area contributed by atoms with Crippen molar-refractivity contribution in [3.8, 4) is 0 Å². The first-order valence-electron chi connectivity index (χ1n) is 9.20. The van der Waals surface area contributed by atoms with Gasteiger partial charge >= 0.3 is 6.03 Å². The minimum Gasteiger partial charge on any atom is -0.396 e. The fraction of sp³-hybridized carbons (Fsp3) is 0.944. The zero-order valence-electron chi connectivity index (χ0n) is 15.3. The number of piperidine rings is 2. The Morgan fingerprint density at radius 2 is 1.87 bits per heavy atom. The molecule has 2 saturated heterocycles. The van der Waals surface area contributed by atoms with Crippen LogP contribution in [0.15, 0.2) is 0 Å². The van der Waals surface area contributed by atoms with Crippen molar-refractivity contribution in [2.24, 2.45) is 17.8 Å². The van der Waals surface area contributed by atoms with Crippen LogP contribution < -0.4 is 5.32 Å². The molecule has 0 bridgehead atoms. The Balaban J connectivity index is 1.84. The van der Waals surface area contributed by atoms with Crippen LogP contribution in [0, 0.1) is 17.8 Å². The van der Waals surface area contributed by atoms with E-state index in [2.05, 4.69) is 37.9 Å². The molecular formula is C18H35N3O2. The van der Waals surface area contributed by atoms with Gasteiger partial charge in [0, 0.05) is 44.9 Å². The van der Waals surface area contributed by atoms with Crippen LogP contribution in [-0.4, -0.2) is 65.8 Å². The number of likely N-dealkylation sites (tertiary alicyclic amines) is 2. The quantitative estimate of drug-likeness (QED) is 0.833. The number of aliphatic hydroxyl groups is 1. The topological polar surface area (TPSA) is 55.8 Å². The molecule has 5 heteroatoms. The first kappa shape index (κ1) is 18.5. The third-order valence-corrected chi connectivity index (χ3v) is 5.46. The summed E-state index contributed by atoms with van der Waals surface area (Å²) in [4.78, 5) is 16.8. The normalized spacial score (nSPS) is 30.3. The Morgan fingerprint density at radius 3 is 2.48 bits per heavy atom. The van der Waals surface area contributed by atoms with Gasteiger partial charge in [0.15, 0.2) is 0 Å². The van der Waals surface area contributed by atoms with E-state index in [0.717, 1.165) is 44.3 Å². The predicted molar refractivity (Wildman–Crippen MR) is 93.4 cm³/mol. The second kappa shape index (κ2) is 7.84. The van der Waals surface area contributed by atoms with Crippen LogP contribution >= 0.6 is 0 Å². The second-order valence-electron chi connectivity index (χ2n) is 8.46. The van der Waals surface area contributed by atoms with Crippen LogP contribution in [0.3, 0.4) is 0 Å². The molecule has 3 atom stereocenters. The highest BCUT2D eigenvalue weighted by Crippen LogP contribution is 2.27. The van der Waals surface area contributed by atoms with Gasteiger partial charge in [-0.2, -0.15) is 0 Å². The van der Waals surface area contributed by atoms with Gasteiger partial charge in [-0.05, 0) is 50.9 Å². The maximum Gasteiger partial charge on any atom is 0.317 e. The number of carbonyl (C=O) groups excluding carboxylic acids is 1. The third-order valence-electron chi connectivity index (χ3n) is 5.46. The van der Waals surface area contributed by atoms with Crippen molar-refractivity contribution < 1.29 is 9.90 Å². The van der Waals surface area contributed by atoms with E-state index in [-0.39, 0.29) is 24.1 Å². The van der Waals surface area contributed by atoms with Gasteiger partial charge in [0.25, 0.3) is 0 Å². The molecule has 3 unspecified atom stereocenters. The molecule has 2 N–H and O–H groups in total. The average molecular weight is 325 g/mol. The van der Waals surface area contributed by atoms with Gasteiger partial charge in [0.1, 0.15) is 0 Å². The summed E-state index contributed by atoms with van der Waals surface area (Å²) in [6.45, 7) is 13.7. The van der Waals surface area contributed by atoms with E-state index < -0.39 is 0 Å². The molecule has 0 spiro atoms. The molecule has 2 aliphatic heterocycles.